The first-order chi connectivity index (χ1) is 10.8. The van der Waals surface area contributed by atoms with Gasteiger partial charge in [0.15, 0.2) is 5.96 Å². The lowest BCUT2D eigenvalue weighted by molar-refractivity contribution is 0.397. The topological polar surface area (TPSA) is 49.8 Å². The number of methoxy groups -OCH3 is 1. The third kappa shape index (κ3) is 6.37. The van der Waals surface area contributed by atoms with Crippen molar-refractivity contribution in [3.8, 4) is 5.88 Å². The van der Waals surface area contributed by atoms with E-state index < -0.39 is 0 Å². The molecule has 1 unspecified atom stereocenters. The summed E-state index contributed by atoms with van der Waals surface area (Å²) in [4.78, 5) is 11.4. The number of aliphatic imine (C=N–C) groups is 1. The van der Waals surface area contributed by atoms with Crippen molar-refractivity contribution in [2.45, 2.75) is 32.1 Å². The molecule has 1 saturated heterocycles. The summed E-state index contributed by atoms with van der Waals surface area (Å²) in [7, 11) is 1.63. The molecule has 1 fully saturated rings. The number of nitrogens with one attached hydrogen (secondary N) is 1. The molecule has 7 heteroatoms. The molecule has 0 aliphatic carbocycles. The molecule has 2 rings (SSSR count). The number of hydrogen-bond acceptors (Lipinski definition) is 4. The van der Waals surface area contributed by atoms with E-state index in [0.717, 1.165) is 31.2 Å². The summed E-state index contributed by atoms with van der Waals surface area (Å²) in [5.41, 5.74) is 1.09. The first kappa shape index (κ1) is 20.3. The highest BCUT2D eigenvalue weighted by Crippen LogP contribution is 2.21. The number of aromatic nitrogens is 1. The van der Waals surface area contributed by atoms with Gasteiger partial charge in [0.25, 0.3) is 0 Å². The van der Waals surface area contributed by atoms with E-state index in [1.165, 1.54) is 12.2 Å². The molecule has 130 valence electrons. The van der Waals surface area contributed by atoms with Crippen LogP contribution in [-0.2, 0) is 6.54 Å². The molecule has 23 heavy (non-hydrogen) atoms. The second-order valence-corrected chi connectivity index (χ2v) is 6.63. The Morgan fingerprint density at radius 3 is 2.91 bits per heavy atom. The average molecular weight is 450 g/mol. The van der Waals surface area contributed by atoms with Crippen molar-refractivity contribution in [3.05, 3.63) is 23.9 Å². The van der Waals surface area contributed by atoms with Crippen molar-refractivity contribution in [3.63, 3.8) is 0 Å². The summed E-state index contributed by atoms with van der Waals surface area (Å²) in [5.74, 6) is 2.82. The fraction of sp³-hybridized carbons (Fsp3) is 0.625. The van der Waals surface area contributed by atoms with E-state index in [-0.39, 0.29) is 24.0 Å². The van der Waals surface area contributed by atoms with E-state index >= 15 is 0 Å². The fourth-order valence-corrected chi connectivity index (χ4v) is 3.56. The highest BCUT2D eigenvalue weighted by molar-refractivity contribution is 14.0. The van der Waals surface area contributed by atoms with Crippen LogP contribution in [0.1, 0.15) is 25.8 Å². The third-order valence-electron chi connectivity index (χ3n) is 3.65. The van der Waals surface area contributed by atoms with Gasteiger partial charge in [0, 0.05) is 42.9 Å². The molecule has 0 saturated carbocycles. The van der Waals surface area contributed by atoms with Crippen LogP contribution in [0.25, 0.3) is 0 Å². The monoisotopic (exact) mass is 450 g/mol. The number of halogens is 1. The zero-order valence-corrected chi connectivity index (χ0v) is 17.3. The zero-order valence-electron chi connectivity index (χ0n) is 14.1. The SMILES string of the molecule is CCNC(=NCc1ccc(OC)nc1)N1CCSC(CC)C1.I. The van der Waals surface area contributed by atoms with Gasteiger partial charge < -0.3 is 15.0 Å². The molecular weight excluding hydrogens is 423 g/mol. The lowest BCUT2D eigenvalue weighted by Crippen LogP contribution is -2.48. The minimum Gasteiger partial charge on any atom is -0.481 e. The fourth-order valence-electron chi connectivity index (χ4n) is 2.38. The van der Waals surface area contributed by atoms with Crippen molar-refractivity contribution >= 4 is 41.7 Å². The van der Waals surface area contributed by atoms with Gasteiger partial charge in [-0.2, -0.15) is 11.8 Å². The maximum absolute atomic E-state index is 5.08. The van der Waals surface area contributed by atoms with Crippen LogP contribution in [0.15, 0.2) is 23.3 Å². The Labute approximate surface area is 160 Å². The summed E-state index contributed by atoms with van der Waals surface area (Å²) in [6, 6.07) is 3.89. The Balaban J connectivity index is 0.00000264. The second kappa shape index (κ2) is 11.0. The van der Waals surface area contributed by atoms with Gasteiger partial charge in [-0.3, -0.25) is 0 Å². The number of ether oxygens (including phenoxy) is 1. The Morgan fingerprint density at radius 1 is 1.48 bits per heavy atom. The maximum Gasteiger partial charge on any atom is 0.212 e. The number of hydrogen-bond donors (Lipinski definition) is 1. The predicted octanol–water partition coefficient (Wildman–Crippen LogP) is 3.00. The highest BCUT2D eigenvalue weighted by Gasteiger charge is 2.21. The van der Waals surface area contributed by atoms with Gasteiger partial charge in [0.05, 0.1) is 13.7 Å². The lowest BCUT2D eigenvalue weighted by atomic mass is 10.3. The van der Waals surface area contributed by atoms with Crippen molar-refractivity contribution < 1.29 is 4.74 Å². The molecule has 0 spiro atoms. The van der Waals surface area contributed by atoms with Gasteiger partial charge in [-0.1, -0.05) is 13.0 Å². The minimum absolute atomic E-state index is 0. The molecule has 1 aromatic heterocycles. The van der Waals surface area contributed by atoms with E-state index in [9.17, 15) is 0 Å². The summed E-state index contributed by atoms with van der Waals surface area (Å²) >= 11 is 2.07. The number of nitrogens with zero attached hydrogens (tertiary/aromatic N) is 3. The van der Waals surface area contributed by atoms with Crippen LogP contribution >= 0.6 is 35.7 Å². The third-order valence-corrected chi connectivity index (χ3v) is 5.02. The first-order valence-corrected chi connectivity index (χ1v) is 8.95. The van der Waals surface area contributed by atoms with E-state index in [4.69, 9.17) is 9.73 Å². The summed E-state index contributed by atoms with van der Waals surface area (Å²) in [6.45, 7) is 8.04. The Hall–Kier alpha value is -0.700. The molecule has 0 bridgehead atoms. The van der Waals surface area contributed by atoms with Crippen LogP contribution in [0.3, 0.4) is 0 Å². The van der Waals surface area contributed by atoms with Crippen LogP contribution in [-0.4, -0.2) is 53.6 Å². The van der Waals surface area contributed by atoms with Gasteiger partial charge in [0.1, 0.15) is 0 Å². The van der Waals surface area contributed by atoms with E-state index in [1.807, 2.05) is 18.3 Å². The van der Waals surface area contributed by atoms with Gasteiger partial charge in [0.2, 0.25) is 5.88 Å². The second-order valence-electron chi connectivity index (χ2n) is 5.23. The van der Waals surface area contributed by atoms with Crippen molar-refractivity contribution in [1.29, 1.82) is 0 Å². The Morgan fingerprint density at radius 2 is 2.30 bits per heavy atom. The minimum atomic E-state index is 0. The molecule has 5 nitrogen and oxygen atoms in total. The van der Waals surface area contributed by atoms with Gasteiger partial charge >= 0.3 is 0 Å². The van der Waals surface area contributed by atoms with Gasteiger partial charge in [-0.25, -0.2) is 9.98 Å². The normalized spacial score (nSPS) is 18.3. The molecule has 1 atom stereocenters. The lowest BCUT2D eigenvalue weighted by Gasteiger charge is -2.34. The van der Waals surface area contributed by atoms with Crippen molar-refractivity contribution in [2.75, 3.05) is 32.5 Å². The molecule has 1 aromatic rings. The number of rotatable bonds is 5. The molecule has 2 heterocycles. The maximum atomic E-state index is 5.08. The first-order valence-electron chi connectivity index (χ1n) is 7.90. The molecule has 0 amide bonds. The van der Waals surface area contributed by atoms with Crippen LogP contribution in [0.4, 0.5) is 0 Å². The average Bonchev–Trinajstić information content (AvgIpc) is 2.59. The largest absolute Gasteiger partial charge is 0.481 e. The van der Waals surface area contributed by atoms with E-state index in [2.05, 4.69) is 40.8 Å². The highest BCUT2D eigenvalue weighted by atomic mass is 127. The number of pyridine rings is 1. The number of thioether (sulfide) groups is 1. The summed E-state index contributed by atoms with van der Waals surface area (Å²) in [6.07, 6.45) is 3.04. The predicted molar refractivity (Wildman–Crippen MR) is 109 cm³/mol. The number of guanidine groups is 1. The quantitative estimate of drug-likeness (QED) is 0.425. The van der Waals surface area contributed by atoms with E-state index in [1.54, 1.807) is 7.11 Å². The standard InChI is InChI=1S/C16H26N4OS.HI/c1-4-14-12-20(8-9-22-14)16(17-5-2)19-11-13-6-7-15(21-3)18-10-13;/h6-7,10,14H,4-5,8-9,11-12H2,1-3H3,(H,17,19);1H. The molecule has 1 aliphatic heterocycles. The summed E-state index contributed by atoms with van der Waals surface area (Å²) in [5, 5.41) is 4.12. The van der Waals surface area contributed by atoms with Crippen molar-refractivity contribution in [1.82, 2.24) is 15.2 Å². The van der Waals surface area contributed by atoms with Crippen LogP contribution in [0.5, 0.6) is 5.88 Å². The molecule has 1 aliphatic rings. The summed E-state index contributed by atoms with van der Waals surface area (Å²) < 4.78 is 5.08. The Kier molecular flexibility index (Phi) is 9.69. The van der Waals surface area contributed by atoms with E-state index in [0.29, 0.717) is 17.7 Å². The molecular formula is C16H27IN4OS. The van der Waals surface area contributed by atoms with Crippen LogP contribution in [0.2, 0.25) is 0 Å². The molecule has 0 aromatic carbocycles. The molecule has 1 N–H and O–H groups in total. The zero-order chi connectivity index (χ0) is 15.8. The van der Waals surface area contributed by atoms with Crippen molar-refractivity contribution in [2.24, 2.45) is 4.99 Å². The molecule has 0 radical (unpaired) electrons. The van der Waals surface area contributed by atoms with Crippen LogP contribution < -0.4 is 10.1 Å². The van der Waals surface area contributed by atoms with Crippen LogP contribution in [0, 0.1) is 0 Å². The van der Waals surface area contributed by atoms with Gasteiger partial charge in [-0.05, 0) is 18.9 Å². The van der Waals surface area contributed by atoms with Gasteiger partial charge in [-0.15, -0.1) is 24.0 Å². The Bertz CT molecular complexity index is 483. The smallest absolute Gasteiger partial charge is 0.212 e.